The number of fused-ring (bicyclic) bond motifs is 5. The molecular weight excluding hydrogens is 530 g/mol. The van der Waals surface area contributed by atoms with E-state index in [4.69, 9.17) is 9.47 Å². The van der Waals surface area contributed by atoms with Crippen LogP contribution in [0.25, 0.3) is 0 Å². The van der Waals surface area contributed by atoms with Gasteiger partial charge in [-0.15, -0.1) is 0 Å². The quantitative estimate of drug-likeness (QED) is 0.438. The lowest BCUT2D eigenvalue weighted by molar-refractivity contribution is -0.181. The fraction of sp³-hybridized carbons (Fsp3) is 0.710. The van der Waals surface area contributed by atoms with E-state index in [0.29, 0.717) is 25.8 Å². The van der Waals surface area contributed by atoms with Crippen molar-refractivity contribution in [3.8, 4) is 0 Å². The van der Waals surface area contributed by atoms with Crippen molar-refractivity contribution in [2.75, 3.05) is 20.3 Å². The fourth-order valence-corrected chi connectivity index (χ4v) is 8.93. The van der Waals surface area contributed by atoms with Gasteiger partial charge in [-0.1, -0.05) is 25.5 Å². The molecule has 0 aromatic carbocycles. The summed E-state index contributed by atoms with van der Waals surface area (Å²) in [5.74, 6) is -2.25. The van der Waals surface area contributed by atoms with E-state index in [0.717, 1.165) is 18.4 Å². The number of hydrogen-bond acceptors (Lipinski definition) is 9. The van der Waals surface area contributed by atoms with Gasteiger partial charge in [0.15, 0.2) is 12.4 Å². The Morgan fingerprint density at radius 2 is 1.88 bits per heavy atom. The Bertz CT molecular complexity index is 1210. The van der Waals surface area contributed by atoms with Crippen LogP contribution in [-0.4, -0.2) is 82.5 Å². The highest BCUT2D eigenvalue weighted by Crippen LogP contribution is 2.67. The average Bonchev–Trinajstić information content (AvgIpc) is 3.53. The van der Waals surface area contributed by atoms with Crippen molar-refractivity contribution >= 4 is 29.4 Å². The maximum atomic E-state index is 13.4. The van der Waals surface area contributed by atoms with Crippen molar-refractivity contribution < 1.29 is 43.7 Å². The maximum absolute atomic E-state index is 13.4. The number of aliphatic hydroxyl groups excluding tert-OH is 1. The standard InChI is InChI=1S/C31H41NO9/c1-29-12-10-19(33)15-18(29)6-7-20-21-11-13-31(39,30(21,2)16-23(34)27(20)29)24(35)17-41-26(37)9-8-25(36)32-14-4-5-22(32)28(38)40-3/h10,12,15,20-23,27,34,39H,4-9,11,13-14,16-17H2,1-3H3/t20-,21+,22-,23+,27+,29-,30-,31+/m0/s1. The van der Waals surface area contributed by atoms with Gasteiger partial charge in [0.2, 0.25) is 11.7 Å². The van der Waals surface area contributed by atoms with Crippen LogP contribution in [0.2, 0.25) is 0 Å². The van der Waals surface area contributed by atoms with E-state index >= 15 is 0 Å². The molecule has 0 radical (unpaired) electrons. The minimum absolute atomic E-state index is 0.00852. The molecular formula is C31H41NO9. The highest BCUT2D eigenvalue weighted by Gasteiger charge is 2.68. The number of ether oxygens (including phenoxy) is 2. The third kappa shape index (κ3) is 4.76. The molecule has 224 valence electrons. The van der Waals surface area contributed by atoms with Crippen LogP contribution in [0.15, 0.2) is 23.8 Å². The molecule has 5 aliphatic rings. The molecule has 8 atom stereocenters. The van der Waals surface area contributed by atoms with Gasteiger partial charge in [-0.2, -0.15) is 0 Å². The van der Waals surface area contributed by atoms with Crippen molar-refractivity contribution in [1.29, 1.82) is 0 Å². The number of carbonyl (C=O) groups excluding carboxylic acids is 5. The first-order valence-electron chi connectivity index (χ1n) is 14.8. The molecule has 0 unspecified atom stereocenters. The molecule has 4 aliphatic carbocycles. The smallest absolute Gasteiger partial charge is 0.328 e. The number of esters is 2. The van der Waals surface area contributed by atoms with Gasteiger partial charge in [0, 0.05) is 29.7 Å². The first-order valence-corrected chi connectivity index (χ1v) is 14.8. The Kier molecular flexibility index (Phi) is 7.78. The lowest BCUT2D eigenvalue weighted by atomic mass is 9.46. The summed E-state index contributed by atoms with van der Waals surface area (Å²) in [5.41, 5.74) is -2.05. The van der Waals surface area contributed by atoms with Gasteiger partial charge in [-0.25, -0.2) is 4.79 Å². The SMILES string of the molecule is COC(=O)[C@@H]1CCCN1C(=O)CCC(=O)OCC(=O)[C@]1(O)CC[C@@H]2[C@@H]3CCC4=CC(=O)C=C[C@]4(C)[C@H]3[C@H](O)C[C@@]21C. The number of hydrogen-bond donors (Lipinski definition) is 2. The largest absolute Gasteiger partial charge is 0.467 e. The molecule has 5 rings (SSSR count). The Hall–Kier alpha value is -2.85. The number of carbonyl (C=O) groups is 5. The van der Waals surface area contributed by atoms with E-state index in [9.17, 15) is 34.2 Å². The zero-order valence-electron chi connectivity index (χ0n) is 24.1. The molecule has 41 heavy (non-hydrogen) atoms. The number of rotatable bonds is 7. The van der Waals surface area contributed by atoms with Gasteiger partial charge < -0.3 is 24.6 Å². The van der Waals surface area contributed by atoms with E-state index in [1.807, 2.05) is 13.0 Å². The molecule has 1 aliphatic heterocycles. The zero-order valence-corrected chi connectivity index (χ0v) is 24.1. The zero-order chi connectivity index (χ0) is 29.7. The number of allylic oxidation sites excluding steroid dienone is 4. The predicted octanol–water partition coefficient (Wildman–Crippen LogP) is 2.05. The second-order valence-electron chi connectivity index (χ2n) is 13.0. The summed E-state index contributed by atoms with van der Waals surface area (Å²) in [7, 11) is 1.27. The topological polar surface area (TPSA) is 148 Å². The van der Waals surface area contributed by atoms with Crippen molar-refractivity contribution in [3.63, 3.8) is 0 Å². The van der Waals surface area contributed by atoms with Gasteiger partial charge in [-0.3, -0.25) is 19.2 Å². The van der Waals surface area contributed by atoms with Crippen LogP contribution in [-0.2, 0) is 33.4 Å². The Balaban J connectivity index is 1.20. The molecule has 1 saturated heterocycles. The van der Waals surface area contributed by atoms with E-state index in [1.165, 1.54) is 12.0 Å². The van der Waals surface area contributed by atoms with E-state index in [1.54, 1.807) is 12.2 Å². The van der Waals surface area contributed by atoms with Gasteiger partial charge in [0.1, 0.15) is 11.6 Å². The molecule has 0 aromatic rings. The fourth-order valence-electron chi connectivity index (χ4n) is 8.93. The third-order valence-corrected chi connectivity index (χ3v) is 11.1. The van der Waals surface area contributed by atoms with Gasteiger partial charge >= 0.3 is 11.9 Å². The first kappa shape index (κ1) is 29.6. The summed E-state index contributed by atoms with van der Waals surface area (Å²) >= 11 is 0. The summed E-state index contributed by atoms with van der Waals surface area (Å²) < 4.78 is 9.98. The molecule has 0 bridgehead atoms. The normalized spacial score (nSPS) is 39.3. The second-order valence-corrected chi connectivity index (χ2v) is 13.0. The molecule has 10 heteroatoms. The minimum Gasteiger partial charge on any atom is -0.467 e. The highest BCUT2D eigenvalue weighted by molar-refractivity contribution is 6.01. The highest BCUT2D eigenvalue weighted by atomic mass is 16.5. The summed E-state index contributed by atoms with van der Waals surface area (Å²) in [4.78, 5) is 63.8. The van der Waals surface area contributed by atoms with Crippen LogP contribution in [0, 0.1) is 28.6 Å². The van der Waals surface area contributed by atoms with Crippen LogP contribution in [0.5, 0.6) is 0 Å². The van der Waals surface area contributed by atoms with E-state index in [-0.39, 0.29) is 55.1 Å². The Labute approximate surface area is 240 Å². The summed E-state index contributed by atoms with van der Waals surface area (Å²) in [6, 6.07) is -0.646. The summed E-state index contributed by atoms with van der Waals surface area (Å²) in [5, 5.41) is 23.3. The molecule has 1 heterocycles. The van der Waals surface area contributed by atoms with Crippen molar-refractivity contribution in [3.05, 3.63) is 23.8 Å². The number of methoxy groups -OCH3 is 1. The lowest BCUT2D eigenvalue weighted by Gasteiger charge is -2.59. The van der Waals surface area contributed by atoms with Gasteiger partial charge in [0.25, 0.3) is 0 Å². The number of amides is 1. The predicted molar refractivity (Wildman–Crippen MR) is 145 cm³/mol. The molecule has 1 amide bonds. The molecule has 10 nitrogen and oxygen atoms in total. The van der Waals surface area contributed by atoms with E-state index < -0.39 is 52.9 Å². The summed E-state index contributed by atoms with van der Waals surface area (Å²) in [6.07, 6.45) is 7.75. The monoisotopic (exact) mass is 571 g/mol. The minimum atomic E-state index is -1.75. The second kappa shape index (κ2) is 10.8. The van der Waals surface area contributed by atoms with Crippen LogP contribution in [0.3, 0.4) is 0 Å². The molecule has 2 N–H and O–H groups in total. The average molecular weight is 572 g/mol. The Morgan fingerprint density at radius 3 is 2.61 bits per heavy atom. The molecule has 0 aromatic heterocycles. The lowest BCUT2D eigenvalue weighted by Crippen LogP contribution is -2.61. The van der Waals surface area contributed by atoms with Crippen molar-refractivity contribution in [2.45, 2.75) is 89.4 Å². The van der Waals surface area contributed by atoms with Crippen molar-refractivity contribution in [1.82, 2.24) is 4.90 Å². The first-order chi connectivity index (χ1) is 19.4. The summed E-state index contributed by atoms with van der Waals surface area (Å²) in [6.45, 7) is 3.74. The molecule has 3 saturated carbocycles. The van der Waals surface area contributed by atoms with Crippen LogP contribution in [0.1, 0.15) is 71.6 Å². The maximum Gasteiger partial charge on any atom is 0.328 e. The number of ketones is 2. The van der Waals surface area contributed by atoms with Crippen LogP contribution in [0.4, 0.5) is 0 Å². The number of Topliss-reactive ketones (excluding diaryl/α,β-unsaturated/α-hetero) is 1. The Morgan fingerprint density at radius 1 is 1.12 bits per heavy atom. The van der Waals surface area contributed by atoms with Gasteiger partial charge in [0.05, 0.1) is 19.6 Å². The van der Waals surface area contributed by atoms with Crippen LogP contribution >= 0.6 is 0 Å². The number of likely N-dealkylation sites (tertiary alicyclic amines) is 1. The van der Waals surface area contributed by atoms with Crippen molar-refractivity contribution in [2.24, 2.45) is 28.6 Å². The number of aliphatic hydroxyl groups is 2. The molecule has 0 spiro atoms. The number of nitrogens with zero attached hydrogens (tertiary/aromatic N) is 1. The third-order valence-electron chi connectivity index (χ3n) is 11.1. The van der Waals surface area contributed by atoms with Crippen LogP contribution < -0.4 is 0 Å². The molecule has 4 fully saturated rings. The van der Waals surface area contributed by atoms with E-state index in [2.05, 4.69) is 6.92 Å². The van der Waals surface area contributed by atoms with Gasteiger partial charge in [-0.05, 0) is 68.9 Å².